The van der Waals surface area contributed by atoms with Gasteiger partial charge in [-0.15, -0.1) is 0 Å². The monoisotopic (exact) mass is 532 g/mol. The summed E-state index contributed by atoms with van der Waals surface area (Å²) in [7, 11) is 1.51. The second-order valence-corrected chi connectivity index (χ2v) is 8.21. The van der Waals surface area contributed by atoms with E-state index in [4.69, 9.17) is 32.7 Å². The van der Waals surface area contributed by atoms with E-state index >= 15 is 0 Å². The van der Waals surface area contributed by atoms with Gasteiger partial charge in [0.15, 0.2) is 11.5 Å². The quantitative estimate of drug-likeness (QED) is 0.137. The second-order valence-electron chi connectivity index (χ2n) is 6.55. The van der Waals surface area contributed by atoms with E-state index < -0.39 is 4.92 Å². The Morgan fingerprint density at radius 1 is 1.16 bits per heavy atom. The molecule has 0 spiro atoms. The average Bonchev–Trinajstić information content (AvgIpc) is 2.78. The molecular formula is C23H15BrCl2N2O4. The molecule has 3 rings (SSSR count). The molecule has 0 aliphatic rings. The zero-order valence-electron chi connectivity index (χ0n) is 16.6. The molecule has 0 aromatic heterocycles. The van der Waals surface area contributed by atoms with Crippen molar-refractivity contribution in [3.8, 4) is 17.6 Å². The molecule has 0 saturated carbocycles. The fraction of sp³-hybridized carbons (Fsp3) is 0.0870. The molecule has 0 N–H and O–H groups in total. The highest BCUT2D eigenvalue weighted by atomic mass is 79.9. The van der Waals surface area contributed by atoms with Crippen LogP contribution in [0.4, 0.5) is 5.69 Å². The number of rotatable bonds is 7. The van der Waals surface area contributed by atoms with Gasteiger partial charge in [0.25, 0.3) is 5.69 Å². The number of nitro groups is 1. The third-order valence-electron chi connectivity index (χ3n) is 4.44. The Labute approximate surface area is 202 Å². The lowest BCUT2D eigenvalue weighted by atomic mass is 10.0. The molecule has 0 heterocycles. The minimum atomic E-state index is -0.454. The number of non-ortho nitro benzene ring substituents is 1. The van der Waals surface area contributed by atoms with Crippen molar-refractivity contribution in [2.24, 2.45) is 0 Å². The van der Waals surface area contributed by atoms with Gasteiger partial charge in [0.2, 0.25) is 0 Å². The van der Waals surface area contributed by atoms with Gasteiger partial charge in [-0.2, -0.15) is 5.26 Å². The zero-order valence-corrected chi connectivity index (χ0v) is 19.7. The van der Waals surface area contributed by atoms with E-state index in [1.165, 1.54) is 19.2 Å². The lowest BCUT2D eigenvalue weighted by molar-refractivity contribution is -0.384. The molecule has 9 heteroatoms. The first-order valence-corrected chi connectivity index (χ1v) is 10.7. The summed E-state index contributed by atoms with van der Waals surface area (Å²) in [4.78, 5) is 10.3. The summed E-state index contributed by atoms with van der Waals surface area (Å²) < 4.78 is 12.0. The van der Waals surface area contributed by atoms with Crippen LogP contribution in [0, 0.1) is 21.4 Å². The Morgan fingerprint density at radius 3 is 2.47 bits per heavy atom. The summed E-state index contributed by atoms with van der Waals surface area (Å²) in [6, 6.07) is 16.8. The van der Waals surface area contributed by atoms with Gasteiger partial charge in [0, 0.05) is 12.1 Å². The number of nitrogens with zero attached hydrogens (tertiary/aromatic N) is 2. The number of nitro benzene ring substituents is 1. The summed E-state index contributed by atoms with van der Waals surface area (Å²) in [6.45, 7) is 0.189. The molecule has 3 aromatic rings. The van der Waals surface area contributed by atoms with E-state index in [0.717, 1.165) is 5.56 Å². The molecule has 0 aliphatic carbocycles. The van der Waals surface area contributed by atoms with Gasteiger partial charge in [-0.05, 0) is 75.1 Å². The van der Waals surface area contributed by atoms with Crippen LogP contribution < -0.4 is 9.47 Å². The SMILES string of the molecule is COc1cc(/C=C(/C#N)c2ccc(Cl)c(Cl)c2)cc(Br)c1OCc1ccc([N+](=O)[O-])cc1. The summed E-state index contributed by atoms with van der Waals surface area (Å²) in [5, 5.41) is 21.2. The van der Waals surface area contributed by atoms with Gasteiger partial charge in [-0.25, -0.2) is 0 Å². The highest BCUT2D eigenvalue weighted by Crippen LogP contribution is 2.38. The number of hydrogen-bond donors (Lipinski definition) is 0. The van der Waals surface area contributed by atoms with Crippen LogP contribution in [-0.4, -0.2) is 12.0 Å². The van der Waals surface area contributed by atoms with Crippen LogP contribution in [0.3, 0.4) is 0 Å². The lowest BCUT2D eigenvalue weighted by Crippen LogP contribution is -1.99. The van der Waals surface area contributed by atoms with Crippen LogP contribution in [0.25, 0.3) is 11.6 Å². The molecule has 0 bridgehead atoms. The second kappa shape index (κ2) is 10.5. The Balaban J connectivity index is 1.86. The molecule has 0 fully saturated rings. The molecule has 0 atom stereocenters. The van der Waals surface area contributed by atoms with Crippen LogP contribution in [-0.2, 0) is 6.61 Å². The van der Waals surface area contributed by atoms with E-state index in [0.29, 0.717) is 42.7 Å². The van der Waals surface area contributed by atoms with Crippen molar-refractivity contribution < 1.29 is 14.4 Å². The molecule has 3 aromatic carbocycles. The van der Waals surface area contributed by atoms with E-state index in [2.05, 4.69) is 22.0 Å². The van der Waals surface area contributed by atoms with Gasteiger partial charge in [-0.1, -0.05) is 29.3 Å². The maximum atomic E-state index is 10.8. The normalized spacial score (nSPS) is 11.0. The number of halogens is 3. The van der Waals surface area contributed by atoms with Gasteiger partial charge >= 0.3 is 0 Å². The number of ether oxygens (including phenoxy) is 2. The molecule has 0 aliphatic heterocycles. The first-order valence-electron chi connectivity index (χ1n) is 9.13. The number of nitriles is 1. The molecule has 32 heavy (non-hydrogen) atoms. The molecular weight excluding hydrogens is 519 g/mol. The van der Waals surface area contributed by atoms with E-state index in [9.17, 15) is 15.4 Å². The van der Waals surface area contributed by atoms with Crippen molar-refractivity contribution in [1.29, 1.82) is 5.26 Å². The van der Waals surface area contributed by atoms with Gasteiger partial charge in [0.05, 0.1) is 38.2 Å². The van der Waals surface area contributed by atoms with Crippen molar-refractivity contribution in [3.63, 3.8) is 0 Å². The average molecular weight is 534 g/mol. The van der Waals surface area contributed by atoms with Crippen LogP contribution in [0.1, 0.15) is 16.7 Å². The van der Waals surface area contributed by atoms with Crippen molar-refractivity contribution in [2.45, 2.75) is 6.61 Å². The standard InChI is InChI=1S/C23H15BrCl2N2O4/c1-31-22-10-15(8-17(12-27)16-4-7-20(25)21(26)11-16)9-19(24)23(22)32-13-14-2-5-18(6-3-14)28(29)30/h2-11H,13H2,1H3/b17-8-. The molecule has 6 nitrogen and oxygen atoms in total. The van der Waals surface area contributed by atoms with E-state index in [-0.39, 0.29) is 12.3 Å². The maximum absolute atomic E-state index is 10.8. The van der Waals surface area contributed by atoms with Crippen LogP contribution in [0.2, 0.25) is 10.0 Å². The third kappa shape index (κ3) is 5.60. The van der Waals surface area contributed by atoms with Crippen molar-refractivity contribution >= 4 is 56.5 Å². The number of allylic oxidation sites excluding steroid dienone is 1. The minimum Gasteiger partial charge on any atom is -0.493 e. The number of benzene rings is 3. The smallest absolute Gasteiger partial charge is 0.269 e. The zero-order chi connectivity index (χ0) is 23.3. The summed E-state index contributed by atoms with van der Waals surface area (Å²) >= 11 is 15.5. The van der Waals surface area contributed by atoms with E-state index in [1.807, 2.05) is 0 Å². The largest absolute Gasteiger partial charge is 0.493 e. The maximum Gasteiger partial charge on any atom is 0.269 e. The first-order chi connectivity index (χ1) is 15.3. The third-order valence-corrected chi connectivity index (χ3v) is 5.77. The molecule has 0 saturated heterocycles. The molecule has 0 unspecified atom stereocenters. The fourth-order valence-corrected chi connectivity index (χ4v) is 3.72. The van der Waals surface area contributed by atoms with Crippen LogP contribution >= 0.6 is 39.1 Å². The highest BCUT2D eigenvalue weighted by Gasteiger charge is 2.13. The minimum absolute atomic E-state index is 0.0129. The number of methoxy groups -OCH3 is 1. The molecule has 0 amide bonds. The van der Waals surface area contributed by atoms with Gasteiger partial charge in [0.1, 0.15) is 6.61 Å². The van der Waals surface area contributed by atoms with Crippen molar-refractivity contribution in [3.05, 3.63) is 95.9 Å². The topological polar surface area (TPSA) is 85.4 Å². The lowest BCUT2D eigenvalue weighted by Gasteiger charge is -2.14. The Bertz CT molecular complexity index is 1240. The van der Waals surface area contributed by atoms with E-state index in [1.54, 1.807) is 48.5 Å². The fourth-order valence-electron chi connectivity index (χ4n) is 2.84. The summed E-state index contributed by atoms with van der Waals surface area (Å²) in [5.41, 5.74) is 2.52. The molecule has 162 valence electrons. The van der Waals surface area contributed by atoms with Gasteiger partial charge < -0.3 is 9.47 Å². The van der Waals surface area contributed by atoms with Crippen molar-refractivity contribution in [2.75, 3.05) is 7.11 Å². The van der Waals surface area contributed by atoms with Crippen LogP contribution in [0.15, 0.2) is 59.1 Å². The number of hydrogen-bond acceptors (Lipinski definition) is 5. The Morgan fingerprint density at radius 2 is 1.88 bits per heavy atom. The summed E-state index contributed by atoms with van der Waals surface area (Å²) in [5.74, 6) is 0.926. The predicted molar refractivity (Wildman–Crippen MR) is 128 cm³/mol. The Hall–Kier alpha value is -3.05. The van der Waals surface area contributed by atoms with Crippen LogP contribution in [0.5, 0.6) is 11.5 Å². The van der Waals surface area contributed by atoms with Gasteiger partial charge in [-0.3, -0.25) is 10.1 Å². The summed E-state index contributed by atoms with van der Waals surface area (Å²) in [6.07, 6.45) is 1.70. The van der Waals surface area contributed by atoms with Crippen molar-refractivity contribution in [1.82, 2.24) is 0 Å². The Kier molecular flexibility index (Phi) is 7.75. The predicted octanol–water partition coefficient (Wildman–Crippen LogP) is 7.32. The first kappa shape index (κ1) is 23.6. The highest BCUT2D eigenvalue weighted by molar-refractivity contribution is 9.10. The molecule has 0 radical (unpaired) electrons.